The number of para-hydroxylation sites is 2. The van der Waals surface area contributed by atoms with Crippen LogP contribution >= 0.6 is 0 Å². The Morgan fingerprint density at radius 2 is 1.82 bits per heavy atom. The SMILES string of the molecule is COc1cc([C@@H]2c3c(C)nn(-c4ccc([N+](=O)[O-])cc4)c3N=C3C(=O)Nc4ccccc4N32)ccc1OC(F)F. The minimum Gasteiger partial charge on any atom is -0.493 e. The zero-order valence-electron chi connectivity index (χ0n) is 21.0. The number of ether oxygens (including phenoxy) is 2. The van der Waals surface area contributed by atoms with Crippen LogP contribution in [0.15, 0.2) is 71.7 Å². The summed E-state index contributed by atoms with van der Waals surface area (Å²) < 4.78 is 37.5. The fraction of sp³-hybridized carbons (Fsp3) is 0.148. The fourth-order valence-corrected chi connectivity index (χ4v) is 5.00. The predicted octanol–water partition coefficient (Wildman–Crippen LogP) is 5.29. The van der Waals surface area contributed by atoms with Crippen molar-refractivity contribution in [3.63, 3.8) is 0 Å². The van der Waals surface area contributed by atoms with Crippen LogP contribution in [0.1, 0.15) is 22.9 Å². The molecule has 0 fully saturated rings. The van der Waals surface area contributed by atoms with Crippen molar-refractivity contribution in [2.45, 2.75) is 19.6 Å². The van der Waals surface area contributed by atoms with Gasteiger partial charge in [-0.1, -0.05) is 18.2 Å². The second kappa shape index (κ2) is 9.45. The standard InChI is InChI=1S/C27H20F2N6O5/c1-14-22-23(15-7-12-20(40-27(28)29)21(13-15)39-2)33-19-6-4-3-5-18(19)30-26(36)25(33)31-24(22)34(32-14)16-8-10-17(11-9-16)35(37)38/h3-13,23,27H,1-2H3,(H,30,36)/t23-/m1/s1. The van der Waals surface area contributed by atoms with E-state index in [1.165, 1.54) is 30.0 Å². The first kappa shape index (κ1) is 25.0. The molecule has 0 unspecified atom stereocenters. The maximum Gasteiger partial charge on any atom is 0.387 e. The van der Waals surface area contributed by atoms with Crippen molar-refractivity contribution < 1.29 is 28.0 Å². The van der Waals surface area contributed by atoms with Crippen molar-refractivity contribution in [2.75, 3.05) is 17.3 Å². The van der Waals surface area contributed by atoms with E-state index in [4.69, 9.17) is 9.73 Å². The van der Waals surface area contributed by atoms with E-state index in [1.807, 2.05) is 12.1 Å². The van der Waals surface area contributed by atoms with Crippen LogP contribution in [0.2, 0.25) is 0 Å². The molecule has 4 aromatic rings. The number of alkyl halides is 2. The van der Waals surface area contributed by atoms with Gasteiger partial charge in [-0.2, -0.15) is 13.9 Å². The number of nitro groups is 1. The summed E-state index contributed by atoms with van der Waals surface area (Å²) in [6.45, 7) is -1.25. The van der Waals surface area contributed by atoms with Crippen molar-refractivity contribution in [1.82, 2.24) is 9.78 Å². The molecule has 0 saturated carbocycles. The number of aromatic nitrogens is 2. The summed E-state index contributed by atoms with van der Waals surface area (Å²) >= 11 is 0. The molecule has 0 aliphatic carbocycles. The lowest BCUT2D eigenvalue weighted by atomic mass is 9.93. The van der Waals surface area contributed by atoms with Crippen LogP contribution in [-0.4, -0.2) is 40.2 Å². The number of fused-ring (bicyclic) bond motifs is 4. The number of rotatable bonds is 6. The van der Waals surface area contributed by atoms with Gasteiger partial charge in [0.15, 0.2) is 17.3 Å². The first-order valence-electron chi connectivity index (χ1n) is 12.0. The number of anilines is 2. The first-order chi connectivity index (χ1) is 19.3. The molecule has 2 aliphatic rings. The van der Waals surface area contributed by atoms with Gasteiger partial charge in [-0.25, -0.2) is 9.67 Å². The minimum absolute atomic E-state index is 0.0820. The number of carbonyl (C=O) groups is 1. The number of nitrogens with zero attached hydrogens (tertiary/aromatic N) is 5. The molecule has 40 heavy (non-hydrogen) atoms. The number of hydrogen-bond acceptors (Lipinski definition) is 8. The van der Waals surface area contributed by atoms with Crippen molar-refractivity contribution in [1.29, 1.82) is 0 Å². The van der Waals surface area contributed by atoms with Crippen LogP contribution in [0, 0.1) is 17.0 Å². The summed E-state index contributed by atoms with van der Waals surface area (Å²) in [6.07, 6.45) is 0. The van der Waals surface area contributed by atoms with Gasteiger partial charge in [0.2, 0.25) is 5.84 Å². The minimum atomic E-state index is -3.04. The van der Waals surface area contributed by atoms with Crippen molar-refractivity contribution in [2.24, 2.45) is 4.99 Å². The third-order valence-electron chi connectivity index (χ3n) is 6.69. The number of halogens is 2. The van der Waals surface area contributed by atoms with E-state index >= 15 is 0 Å². The monoisotopic (exact) mass is 546 g/mol. The molecule has 202 valence electrons. The highest BCUT2D eigenvalue weighted by Crippen LogP contribution is 2.48. The second-order valence-electron chi connectivity index (χ2n) is 8.98. The Morgan fingerprint density at radius 3 is 2.52 bits per heavy atom. The molecule has 3 aromatic carbocycles. The highest BCUT2D eigenvalue weighted by atomic mass is 19.3. The first-order valence-corrected chi connectivity index (χ1v) is 12.0. The molecular formula is C27H20F2N6O5. The van der Waals surface area contributed by atoms with Crippen LogP contribution in [0.25, 0.3) is 5.69 Å². The molecule has 6 rings (SSSR count). The highest BCUT2D eigenvalue weighted by Gasteiger charge is 2.43. The third-order valence-corrected chi connectivity index (χ3v) is 6.69. The molecular weight excluding hydrogens is 526 g/mol. The van der Waals surface area contributed by atoms with Crippen molar-refractivity contribution >= 4 is 34.6 Å². The molecule has 0 bridgehead atoms. The maximum atomic E-state index is 13.3. The third kappa shape index (κ3) is 3.99. The van der Waals surface area contributed by atoms with Crippen LogP contribution in [-0.2, 0) is 4.79 Å². The molecule has 13 heteroatoms. The van der Waals surface area contributed by atoms with Crippen molar-refractivity contribution in [3.05, 3.63) is 93.7 Å². The molecule has 0 saturated heterocycles. The van der Waals surface area contributed by atoms with E-state index in [1.54, 1.807) is 48.2 Å². The van der Waals surface area contributed by atoms with Gasteiger partial charge in [0, 0.05) is 17.7 Å². The summed E-state index contributed by atoms with van der Waals surface area (Å²) in [5.41, 5.74) is 3.49. The topological polar surface area (TPSA) is 124 Å². The Bertz CT molecular complexity index is 1700. The number of carbonyl (C=O) groups excluding carboxylic acids is 1. The number of nitro benzene ring substituents is 1. The quantitative estimate of drug-likeness (QED) is 0.257. The summed E-state index contributed by atoms with van der Waals surface area (Å²) in [4.78, 5) is 30.5. The van der Waals surface area contributed by atoms with E-state index in [-0.39, 0.29) is 23.0 Å². The van der Waals surface area contributed by atoms with E-state index in [0.717, 1.165) is 0 Å². The van der Waals surface area contributed by atoms with Gasteiger partial charge in [-0.05, 0) is 48.9 Å². The lowest BCUT2D eigenvalue weighted by Gasteiger charge is -2.40. The van der Waals surface area contributed by atoms with E-state index in [0.29, 0.717) is 39.7 Å². The predicted molar refractivity (Wildman–Crippen MR) is 141 cm³/mol. The number of non-ortho nitro benzene ring substituents is 1. The Morgan fingerprint density at radius 1 is 1.07 bits per heavy atom. The van der Waals surface area contributed by atoms with Crippen LogP contribution in [0.4, 0.5) is 31.7 Å². The number of hydrogen-bond donors (Lipinski definition) is 1. The number of aliphatic imine (C=N–C) groups is 1. The molecule has 0 spiro atoms. The Balaban J connectivity index is 1.59. The Labute approximate surface area is 225 Å². The summed E-state index contributed by atoms with van der Waals surface area (Å²) in [7, 11) is 1.35. The molecule has 1 N–H and O–H groups in total. The lowest BCUT2D eigenvalue weighted by molar-refractivity contribution is -0.384. The van der Waals surface area contributed by atoms with Crippen LogP contribution in [0.3, 0.4) is 0 Å². The number of methoxy groups -OCH3 is 1. The van der Waals surface area contributed by atoms with E-state index in [2.05, 4.69) is 15.2 Å². The van der Waals surface area contributed by atoms with Gasteiger partial charge < -0.3 is 19.7 Å². The number of aryl methyl sites for hydroxylation is 1. The second-order valence-corrected chi connectivity index (χ2v) is 8.98. The van der Waals surface area contributed by atoms with Crippen LogP contribution in [0.5, 0.6) is 11.5 Å². The molecule has 1 amide bonds. The zero-order valence-corrected chi connectivity index (χ0v) is 21.0. The average molecular weight is 546 g/mol. The normalized spacial score (nSPS) is 15.5. The molecule has 1 aromatic heterocycles. The summed E-state index contributed by atoms with van der Waals surface area (Å²) in [6, 6.07) is 16.9. The maximum absolute atomic E-state index is 13.3. The van der Waals surface area contributed by atoms with Gasteiger partial charge in [-0.3, -0.25) is 14.9 Å². The van der Waals surface area contributed by atoms with Crippen molar-refractivity contribution in [3.8, 4) is 17.2 Å². The number of nitrogens with one attached hydrogen (secondary N) is 1. The van der Waals surface area contributed by atoms with E-state index < -0.39 is 23.5 Å². The Hall–Kier alpha value is -5.33. The highest BCUT2D eigenvalue weighted by molar-refractivity contribution is 6.50. The van der Waals surface area contributed by atoms with Gasteiger partial charge >= 0.3 is 6.61 Å². The Kier molecular flexibility index (Phi) is 5.90. The molecule has 3 heterocycles. The van der Waals surface area contributed by atoms with Gasteiger partial charge in [0.25, 0.3) is 11.6 Å². The molecule has 11 nitrogen and oxygen atoms in total. The zero-order chi connectivity index (χ0) is 28.1. The van der Waals surface area contributed by atoms with E-state index in [9.17, 15) is 23.7 Å². The number of benzene rings is 3. The van der Waals surface area contributed by atoms with Crippen LogP contribution < -0.4 is 19.7 Å². The molecule has 2 aliphatic heterocycles. The van der Waals surface area contributed by atoms with Gasteiger partial charge in [0.1, 0.15) is 0 Å². The van der Waals surface area contributed by atoms with Gasteiger partial charge in [0.05, 0.1) is 40.8 Å². The van der Waals surface area contributed by atoms with Gasteiger partial charge in [-0.15, -0.1) is 0 Å². The largest absolute Gasteiger partial charge is 0.493 e. The average Bonchev–Trinajstić information content (AvgIpc) is 3.28. The molecule has 0 radical (unpaired) electrons. The fourth-order valence-electron chi connectivity index (χ4n) is 5.00. The summed E-state index contributed by atoms with van der Waals surface area (Å²) in [5, 5.41) is 18.7. The smallest absolute Gasteiger partial charge is 0.387 e. The lowest BCUT2D eigenvalue weighted by Crippen LogP contribution is -2.48. The number of amidine groups is 1. The number of amides is 1. The summed E-state index contributed by atoms with van der Waals surface area (Å²) in [5.74, 6) is -0.0666. The molecule has 1 atom stereocenters.